The molecule has 0 spiro atoms. The van der Waals surface area contributed by atoms with Gasteiger partial charge in [0.25, 0.3) is 5.56 Å². The van der Waals surface area contributed by atoms with Crippen LogP contribution in [0.25, 0.3) is 10.9 Å². The minimum absolute atomic E-state index is 0.0144. The van der Waals surface area contributed by atoms with E-state index in [4.69, 9.17) is 0 Å². The second-order valence-corrected chi connectivity index (χ2v) is 6.04. The van der Waals surface area contributed by atoms with Gasteiger partial charge in [0.1, 0.15) is 6.54 Å². The summed E-state index contributed by atoms with van der Waals surface area (Å²) in [6, 6.07) is 7.56. The maximum Gasteiger partial charge on any atom is 0.258 e. The SMILES string of the molecule is O=c1[nH]c(C[N+]23CCN(CC2)CC3)nc2ccccc12. The van der Waals surface area contributed by atoms with E-state index in [-0.39, 0.29) is 5.56 Å². The topological polar surface area (TPSA) is 49.0 Å². The van der Waals surface area contributed by atoms with Gasteiger partial charge in [-0.25, -0.2) is 4.98 Å². The molecule has 3 fully saturated rings. The number of para-hydroxylation sites is 1. The van der Waals surface area contributed by atoms with Crippen molar-refractivity contribution < 1.29 is 4.48 Å². The molecular weight excluding hydrogens is 252 g/mol. The molecular formula is C15H19N4O+. The molecule has 5 rings (SSSR count). The Morgan fingerprint density at radius 3 is 2.60 bits per heavy atom. The van der Waals surface area contributed by atoms with Crippen molar-refractivity contribution in [1.82, 2.24) is 14.9 Å². The third-order valence-electron chi connectivity index (χ3n) is 4.82. The Labute approximate surface area is 117 Å². The monoisotopic (exact) mass is 271 g/mol. The standard InChI is InChI=1S/C15H18N4O/c20-15-12-3-1-2-4-13(12)16-14(17-15)11-19-8-5-18(6-9-19)7-10-19/h1-4H,5-11H2/p+1. The first kappa shape index (κ1) is 12.1. The first-order valence-electron chi connectivity index (χ1n) is 7.30. The maximum absolute atomic E-state index is 12.1. The quantitative estimate of drug-likeness (QED) is 0.812. The molecule has 3 saturated heterocycles. The van der Waals surface area contributed by atoms with Crippen LogP contribution >= 0.6 is 0 Å². The summed E-state index contributed by atoms with van der Waals surface area (Å²) in [5, 5.41) is 0.680. The van der Waals surface area contributed by atoms with Crippen molar-refractivity contribution in [2.45, 2.75) is 6.54 Å². The molecule has 5 heteroatoms. The second kappa shape index (κ2) is 4.40. The number of rotatable bonds is 2. The summed E-state index contributed by atoms with van der Waals surface area (Å²) in [4.78, 5) is 22.3. The van der Waals surface area contributed by atoms with Crippen molar-refractivity contribution in [3.8, 4) is 0 Å². The predicted molar refractivity (Wildman–Crippen MR) is 77.4 cm³/mol. The van der Waals surface area contributed by atoms with Crippen LogP contribution in [0, 0.1) is 0 Å². The molecule has 1 aromatic carbocycles. The lowest BCUT2D eigenvalue weighted by molar-refractivity contribution is -0.953. The van der Waals surface area contributed by atoms with E-state index >= 15 is 0 Å². The van der Waals surface area contributed by atoms with E-state index in [1.165, 1.54) is 39.3 Å². The van der Waals surface area contributed by atoms with Gasteiger partial charge in [-0.3, -0.25) is 9.69 Å². The highest BCUT2D eigenvalue weighted by Crippen LogP contribution is 2.22. The number of quaternary nitrogens is 1. The van der Waals surface area contributed by atoms with Gasteiger partial charge in [-0.05, 0) is 12.1 Å². The van der Waals surface area contributed by atoms with Crippen LogP contribution in [0.2, 0.25) is 0 Å². The number of aromatic nitrogens is 2. The van der Waals surface area contributed by atoms with Gasteiger partial charge in [0.15, 0.2) is 5.82 Å². The number of piperazine rings is 3. The van der Waals surface area contributed by atoms with Crippen LogP contribution in [0.1, 0.15) is 5.82 Å². The lowest BCUT2D eigenvalue weighted by Crippen LogP contribution is -2.66. The van der Waals surface area contributed by atoms with E-state index in [0.29, 0.717) is 5.39 Å². The Morgan fingerprint density at radius 2 is 1.85 bits per heavy atom. The average Bonchev–Trinajstić information content (AvgIpc) is 2.49. The fourth-order valence-electron chi connectivity index (χ4n) is 3.50. The first-order valence-corrected chi connectivity index (χ1v) is 7.30. The summed E-state index contributed by atoms with van der Waals surface area (Å²) in [7, 11) is 0. The Bertz CT molecular complexity index is 687. The molecule has 4 heterocycles. The predicted octanol–water partition coefficient (Wildman–Crippen LogP) is 0.569. The van der Waals surface area contributed by atoms with Gasteiger partial charge in [0, 0.05) is 19.6 Å². The van der Waals surface area contributed by atoms with Gasteiger partial charge >= 0.3 is 0 Å². The molecule has 3 aliphatic heterocycles. The van der Waals surface area contributed by atoms with Crippen molar-refractivity contribution in [1.29, 1.82) is 0 Å². The Hall–Kier alpha value is -1.72. The number of nitrogens with zero attached hydrogens (tertiary/aromatic N) is 3. The van der Waals surface area contributed by atoms with Gasteiger partial charge in [0.2, 0.25) is 0 Å². The third kappa shape index (κ3) is 1.94. The third-order valence-corrected chi connectivity index (χ3v) is 4.82. The van der Waals surface area contributed by atoms with E-state index in [0.717, 1.165) is 22.4 Å². The van der Waals surface area contributed by atoms with Crippen LogP contribution in [0.15, 0.2) is 29.1 Å². The van der Waals surface area contributed by atoms with Crippen molar-refractivity contribution in [2.75, 3.05) is 39.3 Å². The smallest absolute Gasteiger partial charge is 0.258 e. The molecule has 0 radical (unpaired) electrons. The number of hydrogen-bond donors (Lipinski definition) is 1. The number of nitrogens with one attached hydrogen (secondary N) is 1. The molecule has 0 atom stereocenters. The van der Waals surface area contributed by atoms with E-state index in [1.54, 1.807) is 0 Å². The number of fused-ring (bicyclic) bond motifs is 4. The molecule has 2 bridgehead atoms. The van der Waals surface area contributed by atoms with Crippen LogP contribution in [-0.2, 0) is 6.54 Å². The van der Waals surface area contributed by atoms with E-state index in [9.17, 15) is 4.79 Å². The molecule has 0 saturated carbocycles. The average molecular weight is 271 g/mol. The normalized spacial score (nSPS) is 28.9. The molecule has 1 N–H and O–H groups in total. The Balaban J connectivity index is 1.70. The minimum atomic E-state index is -0.0144. The lowest BCUT2D eigenvalue weighted by atomic mass is 10.1. The second-order valence-electron chi connectivity index (χ2n) is 6.04. The van der Waals surface area contributed by atoms with Crippen LogP contribution in [0.5, 0.6) is 0 Å². The van der Waals surface area contributed by atoms with Crippen LogP contribution in [0.4, 0.5) is 0 Å². The minimum Gasteiger partial charge on any atom is -0.314 e. The van der Waals surface area contributed by atoms with Crippen LogP contribution in [0.3, 0.4) is 0 Å². The van der Waals surface area contributed by atoms with Gasteiger partial charge in [0.05, 0.1) is 30.5 Å². The van der Waals surface area contributed by atoms with E-state index in [1.807, 2.05) is 24.3 Å². The zero-order valence-corrected chi connectivity index (χ0v) is 11.5. The molecule has 0 unspecified atom stereocenters. The largest absolute Gasteiger partial charge is 0.314 e. The highest BCUT2D eigenvalue weighted by Gasteiger charge is 2.38. The lowest BCUT2D eigenvalue weighted by Gasteiger charge is -2.50. The van der Waals surface area contributed by atoms with Crippen LogP contribution < -0.4 is 5.56 Å². The van der Waals surface area contributed by atoms with Gasteiger partial charge in [-0.2, -0.15) is 0 Å². The zero-order chi connectivity index (χ0) is 13.6. The van der Waals surface area contributed by atoms with Gasteiger partial charge < -0.3 is 9.47 Å². The zero-order valence-electron chi connectivity index (χ0n) is 11.5. The molecule has 0 aliphatic carbocycles. The Morgan fingerprint density at radius 1 is 1.15 bits per heavy atom. The fourth-order valence-corrected chi connectivity index (χ4v) is 3.50. The highest BCUT2D eigenvalue weighted by atomic mass is 16.1. The Kier molecular flexibility index (Phi) is 2.65. The van der Waals surface area contributed by atoms with Crippen LogP contribution in [-0.4, -0.2) is 58.6 Å². The molecule has 5 nitrogen and oxygen atoms in total. The number of benzene rings is 1. The number of hydrogen-bond acceptors (Lipinski definition) is 3. The van der Waals surface area contributed by atoms with Crippen molar-refractivity contribution in [2.24, 2.45) is 0 Å². The summed E-state index contributed by atoms with van der Waals surface area (Å²) in [6.07, 6.45) is 0. The highest BCUT2D eigenvalue weighted by molar-refractivity contribution is 5.77. The molecule has 1 aromatic heterocycles. The number of aromatic amines is 1. The number of H-pyrrole nitrogens is 1. The maximum atomic E-state index is 12.1. The summed E-state index contributed by atoms with van der Waals surface area (Å²) in [5.74, 6) is 0.837. The van der Waals surface area contributed by atoms with Crippen molar-refractivity contribution in [3.63, 3.8) is 0 Å². The fraction of sp³-hybridized carbons (Fsp3) is 0.467. The van der Waals surface area contributed by atoms with Gasteiger partial charge in [-0.15, -0.1) is 0 Å². The summed E-state index contributed by atoms with van der Waals surface area (Å²) in [6.45, 7) is 7.92. The van der Waals surface area contributed by atoms with Crippen molar-refractivity contribution in [3.05, 3.63) is 40.4 Å². The van der Waals surface area contributed by atoms with E-state index in [2.05, 4.69) is 14.9 Å². The summed E-state index contributed by atoms with van der Waals surface area (Å²) in [5.41, 5.74) is 0.791. The first-order chi connectivity index (χ1) is 9.74. The molecule has 0 amide bonds. The molecule has 2 aromatic rings. The molecule has 104 valence electrons. The molecule has 3 aliphatic rings. The summed E-state index contributed by atoms with van der Waals surface area (Å²) < 4.78 is 1.08. The summed E-state index contributed by atoms with van der Waals surface area (Å²) >= 11 is 0. The van der Waals surface area contributed by atoms with Crippen molar-refractivity contribution >= 4 is 10.9 Å². The van der Waals surface area contributed by atoms with E-state index < -0.39 is 0 Å². The van der Waals surface area contributed by atoms with Gasteiger partial charge in [-0.1, -0.05) is 12.1 Å². The molecule has 20 heavy (non-hydrogen) atoms.